The summed E-state index contributed by atoms with van der Waals surface area (Å²) in [6, 6.07) is 1.03. The van der Waals surface area contributed by atoms with Crippen LogP contribution in [0.3, 0.4) is 0 Å². The Hall–Kier alpha value is -0.620. The first-order chi connectivity index (χ1) is 11.2. The third-order valence-electron chi connectivity index (χ3n) is 5.26. The number of nitrogens with one attached hydrogen (secondary N) is 2. The summed E-state index contributed by atoms with van der Waals surface area (Å²) < 4.78 is 12.1. The fraction of sp³-hybridized carbons (Fsp3) is 0.941. The van der Waals surface area contributed by atoms with Crippen LogP contribution in [-0.2, 0) is 10.8 Å². The van der Waals surface area contributed by atoms with E-state index in [-0.39, 0.29) is 0 Å². The predicted octanol–water partition coefficient (Wildman–Crippen LogP) is 1.72. The second-order valence-corrected chi connectivity index (χ2v) is 8.68. The normalized spacial score (nSPS) is 31.1. The Morgan fingerprint density at radius 1 is 1.26 bits per heavy atom. The molecule has 0 spiro atoms. The Balaban J connectivity index is 1.79. The van der Waals surface area contributed by atoms with Crippen molar-refractivity contribution in [2.24, 2.45) is 4.99 Å². The van der Waals surface area contributed by atoms with Crippen molar-refractivity contribution in [3.8, 4) is 0 Å². The number of guanidine groups is 1. The summed E-state index contributed by atoms with van der Waals surface area (Å²) in [5, 5.41) is 7.42. The minimum atomic E-state index is -0.670. The lowest BCUT2D eigenvalue weighted by Crippen LogP contribution is -2.49. The zero-order chi connectivity index (χ0) is 16.7. The van der Waals surface area contributed by atoms with Gasteiger partial charge in [-0.2, -0.15) is 0 Å². The molecule has 4 atom stereocenters. The summed E-state index contributed by atoms with van der Waals surface area (Å²) in [7, 11) is 1.17. The third-order valence-corrected chi connectivity index (χ3v) is 7.00. The number of likely N-dealkylation sites (tertiary alicyclic amines) is 1. The van der Waals surface area contributed by atoms with E-state index in [1.165, 1.54) is 19.4 Å². The number of likely N-dealkylation sites (N-methyl/N-ethyl adjacent to an activating group) is 1. The van der Waals surface area contributed by atoms with Gasteiger partial charge in [0.25, 0.3) is 0 Å². The summed E-state index contributed by atoms with van der Waals surface area (Å²) in [5.41, 5.74) is 0. The maximum Gasteiger partial charge on any atom is 0.191 e. The average Bonchev–Trinajstić information content (AvgIpc) is 3.05. The van der Waals surface area contributed by atoms with Gasteiger partial charge in [0.1, 0.15) is 0 Å². The van der Waals surface area contributed by atoms with Gasteiger partial charge in [0.05, 0.1) is 0 Å². The molecule has 2 aliphatic rings. The van der Waals surface area contributed by atoms with Crippen molar-refractivity contribution >= 4 is 16.8 Å². The van der Waals surface area contributed by atoms with Crippen molar-refractivity contribution in [3.05, 3.63) is 0 Å². The molecule has 0 radical (unpaired) electrons. The van der Waals surface area contributed by atoms with Gasteiger partial charge in [0, 0.05) is 47.5 Å². The third kappa shape index (κ3) is 5.45. The molecule has 2 N–H and O–H groups in total. The van der Waals surface area contributed by atoms with Crippen LogP contribution in [-0.4, -0.2) is 64.8 Å². The topological polar surface area (TPSA) is 56.7 Å². The smallest absolute Gasteiger partial charge is 0.191 e. The van der Waals surface area contributed by atoms with E-state index < -0.39 is 10.8 Å². The molecule has 0 bridgehead atoms. The van der Waals surface area contributed by atoms with E-state index in [0.717, 1.165) is 50.5 Å². The quantitative estimate of drug-likeness (QED) is 0.570. The number of rotatable bonds is 6. The van der Waals surface area contributed by atoms with Crippen LogP contribution in [0.25, 0.3) is 0 Å². The lowest BCUT2D eigenvalue weighted by atomic mass is 9.95. The summed E-state index contributed by atoms with van der Waals surface area (Å²) in [6.07, 6.45) is 7.02. The molecular weight excluding hydrogens is 308 g/mol. The van der Waals surface area contributed by atoms with Crippen LogP contribution in [0.4, 0.5) is 0 Å². The van der Waals surface area contributed by atoms with Crippen LogP contribution >= 0.6 is 0 Å². The van der Waals surface area contributed by atoms with Gasteiger partial charge in [0.15, 0.2) is 5.96 Å². The first-order valence-electron chi connectivity index (χ1n) is 9.26. The fourth-order valence-electron chi connectivity index (χ4n) is 3.90. The molecule has 0 aromatic rings. The Morgan fingerprint density at radius 3 is 2.78 bits per heavy atom. The highest BCUT2D eigenvalue weighted by molar-refractivity contribution is 7.85. The number of hydrogen-bond acceptors (Lipinski definition) is 3. The molecule has 5 nitrogen and oxygen atoms in total. The Kier molecular flexibility index (Phi) is 7.83. The minimum absolute atomic E-state index is 0.356. The molecule has 1 heterocycles. The van der Waals surface area contributed by atoms with Crippen LogP contribution in [0.15, 0.2) is 4.99 Å². The van der Waals surface area contributed by atoms with E-state index in [9.17, 15) is 4.21 Å². The molecule has 4 unspecified atom stereocenters. The van der Waals surface area contributed by atoms with Gasteiger partial charge in [-0.05, 0) is 45.2 Å². The summed E-state index contributed by atoms with van der Waals surface area (Å²) in [6.45, 7) is 7.58. The predicted molar refractivity (Wildman–Crippen MR) is 99.5 cm³/mol. The van der Waals surface area contributed by atoms with Crippen molar-refractivity contribution in [1.29, 1.82) is 0 Å². The van der Waals surface area contributed by atoms with E-state index in [2.05, 4.69) is 27.4 Å². The van der Waals surface area contributed by atoms with Gasteiger partial charge in [-0.1, -0.05) is 20.3 Å². The van der Waals surface area contributed by atoms with Gasteiger partial charge >= 0.3 is 0 Å². The monoisotopic (exact) mass is 342 g/mol. The highest BCUT2D eigenvalue weighted by Crippen LogP contribution is 2.23. The first-order valence-corrected chi connectivity index (χ1v) is 10.6. The molecule has 0 aromatic heterocycles. The van der Waals surface area contributed by atoms with E-state index >= 15 is 0 Å². The molecule has 134 valence electrons. The van der Waals surface area contributed by atoms with E-state index in [1.54, 1.807) is 0 Å². The molecular formula is C17H34N4OS. The molecule has 1 aliphatic carbocycles. The second kappa shape index (κ2) is 9.62. The van der Waals surface area contributed by atoms with Crippen molar-refractivity contribution in [3.63, 3.8) is 0 Å². The molecule has 23 heavy (non-hydrogen) atoms. The first kappa shape index (κ1) is 18.7. The van der Waals surface area contributed by atoms with E-state index in [0.29, 0.717) is 17.3 Å². The molecule has 2 fully saturated rings. The minimum Gasteiger partial charge on any atom is -0.355 e. The number of aliphatic imine (C=N–C) groups is 1. The molecule has 2 rings (SSSR count). The summed E-state index contributed by atoms with van der Waals surface area (Å²) >= 11 is 0. The number of nitrogens with zero attached hydrogens (tertiary/aromatic N) is 2. The van der Waals surface area contributed by atoms with Crippen molar-refractivity contribution in [2.75, 3.05) is 32.4 Å². The van der Waals surface area contributed by atoms with Crippen molar-refractivity contribution < 1.29 is 4.21 Å². The van der Waals surface area contributed by atoms with Crippen LogP contribution in [0.2, 0.25) is 0 Å². The van der Waals surface area contributed by atoms with Gasteiger partial charge in [-0.15, -0.1) is 0 Å². The highest BCUT2D eigenvalue weighted by atomic mass is 32.2. The van der Waals surface area contributed by atoms with E-state index in [1.807, 2.05) is 14.0 Å². The van der Waals surface area contributed by atoms with E-state index in [4.69, 9.17) is 0 Å². The average molecular weight is 343 g/mol. The summed E-state index contributed by atoms with van der Waals surface area (Å²) in [5.74, 6) is 1.68. The Labute approximate surface area is 144 Å². The second-order valence-electron chi connectivity index (χ2n) is 6.68. The van der Waals surface area contributed by atoms with Crippen LogP contribution < -0.4 is 10.6 Å². The standard InChI is InChI=1S/C17H34N4OS/c1-4-21-11-7-9-15(21)13-19-17(18-3)20-14-8-6-10-16(12-14)23(22)5-2/h14-16H,4-13H2,1-3H3,(H2,18,19,20). The fourth-order valence-corrected chi connectivity index (χ4v) is 5.24. The Morgan fingerprint density at radius 2 is 2.09 bits per heavy atom. The number of hydrogen-bond donors (Lipinski definition) is 2. The van der Waals surface area contributed by atoms with Crippen LogP contribution in [0, 0.1) is 0 Å². The summed E-state index contributed by atoms with van der Waals surface area (Å²) in [4.78, 5) is 6.93. The molecule has 1 saturated heterocycles. The van der Waals surface area contributed by atoms with Crippen LogP contribution in [0.1, 0.15) is 52.4 Å². The van der Waals surface area contributed by atoms with Crippen molar-refractivity contribution in [2.45, 2.75) is 69.7 Å². The largest absolute Gasteiger partial charge is 0.355 e. The molecule has 0 aromatic carbocycles. The lowest BCUT2D eigenvalue weighted by Gasteiger charge is -2.31. The highest BCUT2D eigenvalue weighted by Gasteiger charge is 2.27. The zero-order valence-electron chi connectivity index (χ0n) is 15.0. The SMILES string of the molecule is CCN1CCCC1CNC(=NC)NC1CCCC(S(=O)CC)C1. The van der Waals surface area contributed by atoms with Gasteiger partial charge in [-0.3, -0.25) is 14.1 Å². The van der Waals surface area contributed by atoms with Gasteiger partial charge in [0.2, 0.25) is 0 Å². The van der Waals surface area contributed by atoms with Crippen LogP contribution in [0.5, 0.6) is 0 Å². The van der Waals surface area contributed by atoms with Gasteiger partial charge in [-0.25, -0.2) is 0 Å². The zero-order valence-corrected chi connectivity index (χ0v) is 15.8. The molecule has 6 heteroatoms. The maximum atomic E-state index is 12.1. The van der Waals surface area contributed by atoms with Crippen molar-refractivity contribution in [1.82, 2.24) is 15.5 Å². The molecule has 1 saturated carbocycles. The molecule has 0 amide bonds. The lowest BCUT2D eigenvalue weighted by molar-refractivity contribution is 0.266. The molecule has 1 aliphatic heterocycles. The maximum absolute atomic E-state index is 12.1. The Bertz CT molecular complexity index is 415. The van der Waals surface area contributed by atoms with Gasteiger partial charge < -0.3 is 10.6 Å².